The number of H-pyrrole nitrogens is 1. The predicted molar refractivity (Wildman–Crippen MR) is 117 cm³/mol. The number of hydrogen-bond donors (Lipinski definition) is 2. The number of anilines is 1. The molecule has 0 spiro atoms. The van der Waals surface area contributed by atoms with Gasteiger partial charge in [-0.3, -0.25) is 14.2 Å². The van der Waals surface area contributed by atoms with Crippen molar-refractivity contribution < 1.29 is 9.53 Å². The minimum absolute atomic E-state index is 0.0211. The number of para-hydroxylation sites is 2. The number of carbonyl (C=O) groups is 1. The number of ether oxygens (including phenoxy) is 1. The summed E-state index contributed by atoms with van der Waals surface area (Å²) in [5.74, 6) is 0.586. The van der Waals surface area contributed by atoms with Gasteiger partial charge in [-0.05, 0) is 45.4 Å². The number of aryl methyl sites for hydroxylation is 1. The third-order valence-corrected chi connectivity index (χ3v) is 5.56. The van der Waals surface area contributed by atoms with E-state index in [2.05, 4.69) is 15.3 Å². The van der Waals surface area contributed by atoms with Gasteiger partial charge in [0.25, 0.3) is 5.56 Å². The molecule has 0 radical (unpaired) electrons. The highest BCUT2D eigenvalue weighted by atomic mass is 32.2. The Hall–Kier alpha value is -2.74. The monoisotopic (exact) mass is 414 g/mol. The van der Waals surface area contributed by atoms with Crippen LogP contribution in [-0.4, -0.2) is 32.8 Å². The van der Waals surface area contributed by atoms with Crippen LogP contribution in [0.5, 0.6) is 5.75 Å². The Bertz CT molecular complexity index is 1070. The molecular formula is C21H26N4O3S. The molecule has 0 aliphatic heterocycles. The van der Waals surface area contributed by atoms with Crippen LogP contribution in [-0.2, 0) is 4.79 Å². The van der Waals surface area contributed by atoms with Crippen LogP contribution in [0, 0.1) is 6.92 Å². The van der Waals surface area contributed by atoms with Gasteiger partial charge >= 0.3 is 0 Å². The van der Waals surface area contributed by atoms with Gasteiger partial charge in [0.2, 0.25) is 5.91 Å². The first-order chi connectivity index (χ1) is 13.9. The summed E-state index contributed by atoms with van der Waals surface area (Å²) in [4.78, 5) is 33.2. The lowest BCUT2D eigenvalue weighted by Gasteiger charge is -2.17. The Labute approximate surface area is 173 Å². The molecule has 0 aliphatic carbocycles. The predicted octanol–water partition coefficient (Wildman–Crippen LogP) is 4.13. The lowest BCUT2D eigenvalue weighted by molar-refractivity contribution is -0.113. The summed E-state index contributed by atoms with van der Waals surface area (Å²) < 4.78 is 7.22. The third-order valence-electron chi connectivity index (χ3n) is 4.61. The molecule has 3 aromatic rings. The summed E-state index contributed by atoms with van der Waals surface area (Å²) in [5, 5.41) is 3.42. The Balaban J connectivity index is 1.83. The van der Waals surface area contributed by atoms with Crippen molar-refractivity contribution in [2.45, 2.75) is 45.3 Å². The topological polar surface area (TPSA) is 89.0 Å². The van der Waals surface area contributed by atoms with E-state index in [0.29, 0.717) is 34.2 Å². The number of hydrogen-bond acceptors (Lipinski definition) is 5. The van der Waals surface area contributed by atoms with E-state index in [9.17, 15) is 9.59 Å². The van der Waals surface area contributed by atoms with E-state index in [1.165, 1.54) is 11.8 Å². The van der Waals surface area contributed by atoms with Gasteiger partial charge in [0.1, 0.15) is 11.3 Å². The molecule has 1 amide bonds. The van der Waals surface area contributed by atoms with Crippen molar-refractivity contribution in [2.24, 2.45) is 0 Å². The molecule has 1 atom stereocenters. The maximum atomic E-state index is 13.0. The van der Waals surface area contributed by atoms with Crippen LogP contribution < -0.4 is 15.6 Å². The van der Waals surface area contributed by atoms with Crippen molar-refractivity contribution >= 4 is 34.4 Å². The molecule has 0 saturated carbocycles. The molecule has 29 heavy (non-hydrogen) atoms. The van der Waals surface area contributed by atoms with Crippen LogP contribution in [0.1, 0.15) is 38.9 Å². The van der Waals surface area contributed by atoms with Crippen molar-refractivity contribution in [1.29, 1.82) is 0 Å². The maximum absolute atomic E-state index is 13.0. The molecule has 2 N–H and O–H groups in total. The second kappa shape index (κ2) is 9.17. The molecule has 8 heteroatoms. The molecule has 7 nitrogen and oxygen atoms in total. The molecule has 1 unspecified atom stereocenters. The second-order valence-electron chi connectivity index (χ2n) is 6.81. The minimum atomic E-state index is -0.183. The fourth-order valence-corrected chi connectivity index (χ4v) is 3.93. The van der Waals surface area contributed by atoms with Crippen LogP contribution in [0.2, 0.25) is 0 Å². The van der Waals surface area contributed by atoms with Gasteiger partial charge in [0.15, 0.2) is 5.16 Å². The summed E-state index contributed by atoms with van der Waals surface area (Å²) in [6.07, 6.45) is 0.786. The van der Waals surface area contributed by atoms with Crippen molar-refractivity contribution in [2.75, 3.05) is 17.7 Å². The van der Waals surface area contributed by atoms with E-state index in [1.807, 2.05) is 52.0 Å². The van der Waals surface area contributed by atoms with Crippen LogP contribution in [0.3, 0.4) is 0 Å². The summed E-state index contributed by atoms with van der Waals surface area (Å²) >= 11 is 1.26. The van der Waals surface area contributed by atoms with Crippen molar-refractivity contribution in [3.05, 3.63) is 46.4 Å². The number of fused-ring (bicyclic) bond motifs is 1. The molecular weight excluding hydrogens is 388 g/mol. The quantitative estimate of drug-likeness (QED) is 0.427. The average molecular weight is 415 g/mol. The van der Waals surface area contributed by atoms with Crippen LogP contribution in [0.25, 0.3) is 11.0 Å². The SMILES string of the molecule is CCOc1ccccc1NC(=O)CSc1nc2cc(C)[nH]c2c(=O)n1C(C)CC. The number of benzene rings is 1. The molecule has 0 aliphatic rings. The fourth-order valence-electron chi connectivity index (χ4n) is 3.03. The fraction of sp³-hybridized carbons (Fsp3) is 0.381. The number of rotatable bonds is 8. The molecule has 2 aromatic heterocycles. The largest absolute Gasteiger partial charge is 0.492 e. The molecule has 3 rings (SSSR count). The Kier molecular flexibility index (Phi) is 6.64. The molecule has 0 saturated heterocycles. The highest BCUT2D eigenvalue weighted by Crippen LogP contribution is 2.26. The first-order valence-electron chi connectivity index (χ1n) is 9.70. The van der Waals surface area contributed by atoms with E-state index >= 15 is 0 Å². The second-order valence-corrected chi connectivity index (χ2v) is 7.75. The Morgan fingerprint density at radius 3 is 2.83 bits per heavy atom. The van der Waals surface area contributed by atoms with Crippen molar-refractivity contribution in [3.8, 4) is 5.75 Å². The minimum Gasteiger partial charge on any atom is -0.492 e. The van der Waals surface area contributed by atoms with E-state index in [-0.39, 0.29) is 23.3 Å². The van der Waals surface area contributed by atoms with E-state index < -0.39 is 0 Å². The maximum Gasteiger partial charge on any atom is 0.278 e. The molecule has 0 fully saturated rings. The number of aromatic amines is 1. The zero-order valence-electron chi connectivity index (χ0n) is 17.1. The highest BCUT2D eigenvalue weighted by Gasteiger charge is 2.18. The van der Waals surface area contributed by atoms with Gasteiger partial charge in [-0.2, -0.15) is 0 Å². The first-order valence-corrected chi connectivity index (χ1v) is 10.7. The van der Waals surface area contributed by atoms with E-state index in [4.69, 9.17) is 4.74 Å². The summed E-state index contributed by atoms with van der Waals surface area (Å²) in [6, 6.07) is 9.15. The number of nitrogens with zero attached hydrogens (tertiary/aromatic N) is 2. The Morgan fingerprint density at radius 1 is 1.34 bits per heavy atom. The number of amides is 1. The van der Waals surface area contributed by atoms with E-state index in [1.54, 1.807) is 10.6 Å². The standard InChI is InChI=1S/C21H26N4O3S/c1-5-14(4)25-20(27)19-16(11-13(3)22-19)24-21(25)29-12-18(26)23-15-9-7-8-10-17(15)28-6-2/h7-11,14,22H,5-6,12H2,1-4H3,(H,23,26). The van der Waals surface area contributed by atoms with Gasteiger partial charge in [-0.15, -0.1) is 0 Å². The smallest absolute Gasteiger partial charge is 0.278 e. The third kappa shape index (κ3) is 4.64. The normalized spacial score (nSPS) is 12.1. The van der Waals surface area contributed by atoms with Crippen LogP contribution in [0.15, 0.2) is 40.3 Å². The van der Waals surface area contributed by atoms with Crippen molar-refractivity contribution in [3.63, 3.8) is 0 Å². The number of nitrogens with one attached hydrogen (secondary N) is 2. The van der Waals surface area contributed by atoms with Crippen molar-refractivity contribution in [1.82, 2.24) is 14.5 Å². The lowest BCUT2D eigenvalue weighted by Crippen LogP contribution is -2.26. The summed E-state index contributed by atoms with van der Waals surface area (Å²) in [5.41, 5.74) is 2.53. The zero-order chi connectivity index (χ0) is 21.0. The Morgan fingerprint density at radius 2 is 2.10 bits per heavy atom. The zero-order valence-corrected chi connectivity index (χ0v) is 17.9. The number of thioether (sulfide) groups is 1. The van der Waals surface area contributed by atoms with Gasteiger partial charge < -0.3 is 15.0 Å². The van der Waals surface area contributed by atoms with Crippen LogP contribution in [0.4, 0.5) is 5.69 Å². The van der Waals surface area contributed by atoms with Crippen LogP contribution >= 0.6 is 11.8 Å². The highest BCUT2D eigenvalue weighted by molar-refractivity contribution is 7.99. The van der Waals surface area contributed by atoms with Gasteiger partial charge in [0, 0.05) is 11.7 Å². The van der Waals surface area contributed by atoms with E-state index in [0.717, 1.165) is 12.1 Å². The molecule has 1 aromatic carbocycles. The summed E-state index contributed by atoms with van der Waals surface area (Å²) in [6.45, 7) is 8.31. The van der Waals surface area contributed by atoms with Gasteiger partial charge in [0.05, 0.1) is 23.6 Å². The summed E-state index contributed by atoms with van der Waals surface area (Å²) in [7, 11) is 0. The first kappa shape index (κ1) is 21.0. The van der Waals surface area contributed by atoms with Gasteiger partial charge in [-0.25, -0.2) is 4.98 Å². The molecule has 154 valence electrons. The molecule has 2 heterocycles. The van der Waals surface area contributed by atoms with Gasteiger partial charge in [-0.1, -0.05) is 30.8 Å². The average Bonchev–Trinajstić information content (AvgIpc) is 3.08. The number of carbonyl (C=O) groups excluding carboxylic acids is 1. The lowest BCUT2D eigenvalue weighted by atomic mass is 10.2. The number of aromatic nitrogens is 3. The molecule has 0 bridgehead atoms.